The molecule has 0 aromatic heterocycles. The van der Waals surface area contributed by atoms with Crippen molar-refractivity contribution in [3.8, 4) is 0 Å². The van der Waals surface area contributed by atoms with Gasteiger partial charge in [-0.05, 0) is 39.0 Å². The fraction of sp³-hybridized carbons (Fsp3) is 0.923. The Balaban J connectivity index is 2.26. The number of likely N-dealkylation sites (tertiary alicyclic amines) is 1. The van der Waals surface area contributed by atoms with Crippen molar-refractivity contribution in [1.82, 2.24) is 4.90 Å². The number of carbonyl (C=O) groups excluding carboxylic acids is 1. The van der Waals surface area contributed by atoms with Gasteiger partial charge in [-0.15, -0.1) is 0 Å². The second-order valence-electron chi connectivity index (χ2n) is 5.04. The Kier molecular flexibility index (Phi) is 5.92. The Morgan fingerprint density at radius 2 is 2.00 bits per heavy atom. The molecule has 4 nitrogen and oxygen atoms in total. The van der Waals surface area contributed by atoms with Gasteiger partial charge in [0.1, 0.15) is 0 Å². The highest BCUT2D eigenvalue weighted by Gasteiger charge is 2.25. The summed E-state index contributed by atoms with van der Waals surface area (Å²) >= 11 is 0. The molecule has 2 unspecified atom stereocenters. The van der Waals surface area contributed by atoms with Crippen molar-refractivity contribution in [3.05, 3.63) is 0 Å². The maximum atomic E-state index is 11.9. The molecule has 100 valence electrons. The molecule has 0 aromatic carbocycles. The first-order chi connectivity index (χ1) is 8.04. The normalized spacial score (nSPS) is 21.3. The van der Waals surface area contributed by atoms with Crippen LogP contribution in [0.25, 0.3) is 0 Å². The van der Waals surface area contributed by atoms with Crippen LogP contribution in [-0.2, 0) is 9.53 Å². The van der Waals surface area contributed by atoms with Crippen LogP contribution in [0.1, 0.15) is 39.5 Å². The van der Waals surface area contributed by atoms with Crippen LogP contribution >= 0.6 is 0 Å². The van der Waals surface area contributed by atoms with Gasteiger partial charge in [0.15, 0.2) is 0 Å². The van der Waals surface area contributed by atoms with Gasteiger partial charge in [0, 0.05) is 26.6 Å². The monoisotopic (exact) mass is 243 g/mol. The van der Waals surface area contributed by atoms with E-state index in [1.807, 2.05) is 18.7 Å². The molecule has 17 heavy (non-hydrogen) atoms. The largest absolute Gasteiger partial charge is 0.393 e. The zero-order valence-corrected chi connectivity index (χ0v) is 11.2. The molecular formula is C13H25NO3. The van der Waals surface area contributed by atoms with E-state index in [0.29, 0.717) is 12.3 Å². The summed E-state index contributed by atoms with van der Waals surface area (Å²) in [5.41, 5.74) is 0. The number of hydrogen-bond donors (Lipinski definition) is 1. The van der Waals surface area contributed by atoms with Gasteiger partial charge in [0.05, 0.1) is 12.2 Å². The molecule has 0 aromatic rings. The van der Waals surface area contributed by atoms with E-state index in [0.717, 1.165) is 32.4 Å². The van der Waals surface area contributed by atoms with Crippen molar-refractivity contribution < 1.29 is 14.6 Å². The van der Waals surface area contributed by atoms with Crippen molar-refractivity contribution in [2.75, 3.05) is 20.2 Å². The number of nitrogens with zero attached hydrogens (tertiary/aromatic N) is 1. The number of rotatable bonds is 5. The van der Waals surface area contributed by atoms with Gasteiger partial charge in [0.25, 0.3) is 0 Å². The number of carbonyl (C=O) groups is 1. The van der Waals surface area contributed by atoms with Crippen LogP contribution in [-0.4, -0.2) is 48.3 Å². The number of aliphatic hydroxyl groups is 1. The predicted molar refractivity (Wildman–Crippen MR) is 66.7 cm³/mol. The molecule has 2 atom stereocenters. The van der Waals surface area contributed by atoms with Crippen molar-refractivity contribution in [2.45, 2.75) is 51.7 Å². The molecule has 1 saturated heterocycles. The van der Waals surface area contributed by atoms with E-state index in [9.17, 15) is 9.90 Å². The highest BCUT2D eigenvalue weighted by molar-refractivity contribution is 5.76. The number of methoxy groups -OCH3 is 1. The third kappa shape index (κ3) is 4.64. The van der Waals surface area contributed by atoms with E-state index in [4.69, 9.17) is 4.74 Å². The quantitative estimate of drug-likeness (QED) is 0.794. The Bertz CT molecular complexity index is 235. The van der Waals surface area contributed by atoms with Crippen LogP contribution in [0, 0.1) is 5.92 Å². The Hall–Kier alpha value is -0.610. The van der Waals surface area contributed by atoms with Crippen molar-refractivity contribution >= 4 is 5.91 Å². The van der Waals surface area contributed by atoms with Crippen LogP contribution in [0.3, 0.4) is 0 Å². The molecule has 1 heterocycles. The van der Waals surface area contributed by atoms with E-state index >= 15 is 0 Å². The van der Waals surface area contributed by atoms with E-state index in [2.05, 4.69) is 0 Å². The second-order valence-corrected chi connectivity index (χ2v) is 5.04. The van der Waals surface area contributed by atoms with Gasteiger partial charge in [-0.25, -0.2) is 0 Å². The Morgan fingerprint density at radius 3 is 2.47 bits per heavy atom. The summed E-state index contributed by atoms with van der Waals surface area (Å²) in [4.78, 5) is 13.8. The molecule has 0 spiro atoms. The Labute approximate surface area is 104 Å². The van der Waals surface area contributed by atoms with E-state index in [1.165, 1.54) is 0 Å². The van der Waals surface area contributed by atoms with E-state index in [1.54, 1.807) is 7.11 Å². The van der Waals surface area contributed by atoms with Gasteiger partial charge < -0.3 is 14.7 Å². The molecular weight excluding hydrogens is 218 g/mol. The maximum Gasteiger partial charge on any atom is 0.222 e. The number of ether oxygens (including phenoxy) is 1. The van der Waals surface area contributed by atoms with E-state index in [-0.39, 0.29) is 18.1 Å². The molecule has 4 heteroatoms. The van der Waals surface area contributed by atoms with Crippen molar-refractivity contribution in [2.24, 2.45) is 5.92 Å². The van der Waals surface area contributed by atoms with Gasteiger partial charge in [-0.2, -0.15) is 0 Å². The second kappa shape index (κ2) is 6.97. The molecule has 0 bridgehead atoms. The van der Waals surface area contributed by atoms with Crippen molar-refractivity contribution in [3.63, 3.8) is 0 Å². The fourth-order valence-electron chi connectivity index (χ4n) is 2.23. The third-order valence-corrected chi connectivity index (χ3v) is 3.74. The minimum atomic E-state index is -0.249. The fourth-order valence-corrected chi connectivity index (χ4v) is 2.23. The lowest BCUT2D eigenvalue weighted by molar-refractivity contribution is -0.133. The minimum absolute atomic E-state index is 0.147. The lowest BCUT2D eigenvalue weighted by atomic mass is 9.92. The topological polar surface area (TPSA) is 49.8 Å². The number of amides is 1. The third-order valence-electron chi connectivity index (χ3n) is 3.74. The van der Waals surface area contributed by atoms with Crippen LogP contribution in [0.2, 0.25) is 0 Å². The number of piperidine rings is 1. The van der Waals surface area contributed by atoms with Gasteiger partial charge in [0.2, 0.25) is 5.91 Å². The molecule has 1 N–H and O–H groups in total. The minimum Gasteiger partial charge on any atom is -0.393 e. The smallest absolute Gasteiger partial charge is 0.222 e. The first-order valence-electron chi connectivity index (χ1n) is 6.53. The molecule has 1 amide bonds. The van der Waals surface area contributed by atoms with Crippen LogP contribution in [0.4, 0.5) is 0 Å². The van der Waals surface area contributed by atoms with Gasteiger partial charge >= 0.3 is 0 Å². The predicted octanol–water partition coefficient (Wildman–Crippen LogP) is 1.42. The SMILES string of the molecule is COC(C)CCC(=O)N1CCC(C(C)O)CC1. The van der Waals surface area contributed by atoms with Crippen molar-refractivity contribution in [1.29, 1.82) is 0 Å². The van der Waals surface area contributed by atoms with E-state index < -0.39 is 0 Å². The molecule has 0 aliphatic carbocycles. The van der Waals surface area contributed by atoms with Crippen LogP contribution in [0.15, 0.2) is 0 Å². The summed E-state index contributed by atoms with van der Waals surface area (Å²) in [5, 5.41) is 9.49. The highest BCUT2D eigenvalue weighted by atomic mass is 16.5. The number of aliphatic hydroxyl groups excluding tert-OH is 1. The lowest BCUT2D eigenvalue weighted by Gasteiger charge is -2.33. The summed E-state index contributed by atoms with van der Waals surface area (Å²) in [7, 11) is 1.67. The van der Waals surface area contributed by atoms with Crippen LogP contribution in [0.5, 0.6) is 0 Å². The lowest BCUT2D eigenvalue weighted by Crippen LogP contribution is -2.40. The summed E-state index contributed by atoms with van der Waals surface area (Å²) in [6, 6.07) is 0. The first kappa shape index (κ1) is 14.5. The summed E-state index contributed by atoms with van der Waals surface area (Å²) in [6.45, 7) is 5.39. The molecule has 1 rings (SSSR count). The molecule has 0 radical (unpaired) electrons. The molecule has 0 saturated carbocycles. The molecule has 1 fully saturated rings. The van der Waals surface area contributed by atoms with Crippen LogP contribution < -0.4 is 0 Å². The Morgan fingerprint density at radius 1 is 1.41 bits per heavy atom. The van der Waals surface area contributed by atoms with Gasteiger partial charge in [-0.1, -0.05) is 0 Å². The number of hydrogen-bond acceptors (Lipinski definition) is 3. The zero-order chi connectivity index (χ0) is 12.8. The summed E-state index contributed by atoms with van der Waals surface area (Å²) in [5.74, 6) is 0.579. The standard InChI is InChI=1S/C13H25NO3/c1-10(17-3)4-5-13(16)14-8-6-12(7-9-14)11(2)15/h10-12,15H,4-9H2,1-3H3. The highest BCUT2D eigenvalue weighted by Crippen LogP contribution is 2.21. The molecule has 1 aliphatic rings. The van der Waals surface area contributed by atoms with Gasteiger partial charge in [-0.3, -0.25) is 4.79 Å². The average Bonchev–Trinajstić information content (AvgIpc) is 2.35. The zero-order valence-electron chi connectivity index (χ0n) is 11.2. The first-order valence-corrected chi connectivity index (χ1v) is 6.53. The summed E-state index contributed by atoms with van der Waals surface area (Å²) in [6.07, 6.45) is 3.08. The average molecular weight is 243 g/mol. The molecule has 1 aliphatic heterocycles. The maximum absolute atomic E-state index is 11.9. The summed E-state index contributed by atoms with van der Waals surface area (Å²) < 4.78 is 5.13.